The predicted octanol–water partition coefficient (Wildman–Crippen LogP) is 4.60. The molecule has 0 aromatic heterocycles. The smallest absolute Gasteiger partial charge is 0.262 e. The van der Waals surface area contributed by atoms with Gasteiger partial charge in [0.15, 0.2) is 18.1 Å². The molecule has 7 heteroatoms. The van der Waals surface area contributed by atoms with E-state index in [9.17, 15) is 13.6 Å². The molecule has 0 spiro atoms. The molecule has 0 saturated carbocycles. The number of hydrogen-bond donors (Lipinski definition) is 2. The molecule has 0 unspecified atom stereocenters. The summed E-state index contributed by atoms with van der Waals surface area (Å²) in [6, 6.07) is 17.3. The summed E-state index contributed by atoms with van der Waals surface area (Å²) in [6.07, 6.45) is 0. The molecule has 29 heavy (non-hydrogen) atoms. The predicted molar refractivity (Wildman–Crippen MR) is 107 cm³/mol. The zero-order chi connectivity index (χ0) is 20.6. The minimum atomic E-state index is -0.517. The van der Waals surface area contributed by atoms with Gasteiger partial charge in [0.05, 0.1) is 12.8 Å². The molecule has 0 atom stereocenters. The number of hydrogen-bond acceptors (Lipinski definition) is 4. The van der Waals surface area contributed by atoms with Crippen LogP contribution < -0.4 is 20.1 Å². The maximum Gasteiger partial charge on any atom is 0.262 e. The highest BCUT2D eigenvalue weighted by atomic mass is 19.1. The third-order valence-corrected chi connectivity index (χ3v) is 4.08. The second-order valence-corrected chi connectivity index (χ2v) is 6.16. The average Bonchev–Trinajstić information content (AvgIpc) is 2.73. The lowest BCUT2D eigenvalue weighted by molar-refractivity contribution is -0.118. The van der Waals surface area contributed by atoms with Crippen molar-refractivity contribution in [1.82, 2.24) is 0 Å². The van der Waals surface area contributed by atoms with Crippen molar-refractivity contribution in [2.24, 2.45) is 0 Å². The van der Waals surface area contributed by atoms with Crippen LogP contribution in [0.5, 0.6) is 11.5 Å². The number of amides is 1. The molecule has 3 aromatic carbocycles. The summed E-state index contributed by atoms with van der Waals surface area (Å²) >= 11 is 0. The molecule has 0 radical (unpaired) electrons. The second-order valence-electron chi connectivity index (χ2n) is 6.16. The van der Waals surface area contributed by atoms with Gasteiger partial charge in [-0.2, -0.15) is 0 Å². The first kappa shape index (κ1) is 20.1. The van der Waals surface area contributed by atoms with Gasteiger partial charge in [0.25, 0.3) is 5.91 Å². The van der Waals surface area contributed by atoms with Gasteiger partial charge in [-0.3, -0.25) is 4.79 Å². The quantitative estimate of drug-likeness (QED) is 0.582. The van der Waals surface area contributed by atoms with Crippen LogP contribution in [0.3, 0.4) is 0 Å². The average molecular weight is 398 g/mol. The Balaban J connectivity index is 1.57. The van der Waals surface area contributed by atoms with Crippen molar-refractivity contribution in [2.45, 2.75) is 6.54 Å². The molecule has 5 nitrogen and oxygen atoms in total. The highest BCUT2D eigenvalue weighted by molar-refractivity contribution is 5.92. The van der Waals surface area contributed by atoms with Crippen LogP contribution in [0.25, 0.3) is 0 Å². The minimum Gasteiger partial charge on any atom is -0.493 e. The van der Waals surface area contributed by atoms with Crippen molar-refractivity contribution in [2.75, 3.05) is 24.4 Å². The monoisotopic (exact) mass is 398 g/mol. The third-order valence-electron chi connectivity index (χ3n) is 4.08. The highest BCUT2D eigenvalue weighted by Crippen LogP contribution is 2.28. The van der Waals surface area contributed by atoms with Crippen LogP contribution in [-0.4, -0.2) is 19.6 Å². The van der Waals surface area contributed by atoms with Crippen LogP contribution in [0, 0.1) is 11.6 Å². The van der Waals surface area contributed by atoms with Gasteiger partial charge in [-0.15, -0.1) is 0 Å². The molecule has 3 aromatic rings. The van der Waals surface area contributed by atoms with E-state index in [4.69, 9.17) is 9.47 Å². The summed E-state index contributed by atoms with van der Waals surface area (Å²) in [5.74, 6) is -0.447. The van der Waals surface area contributed by atoms with Gasteiger partial charge in [-0.05, 0) is 54.1 Å². The molecule has 0 aliphatic carbocycles. The van der Waals surface area contributed by atoms with E-state index in [2.05, 4.69) is 10.6 Å². The number of rotatable bonds is 8. The van der Waals surface area contributed by atoms with Crippen molar-refractivity contribution in [3.63, 3.8) is 0 Å². The fraction of sp³-hybridized carbons (Fsp3) is 0.136. The van der Waals surface area contributed by atoms with Gasteiger partial charge in [-0.1, -0.05) is 18.2 Å². The molecule has 0 heterocycles. The topological polar surface area (TPSA) is 59.6 Å². The number of anilines is 2. The lowest BCUT2D eigenvalue weighted by Gasteiger charge is -2.13. The van der Waals surface area contributed by atoms with E-state index in [1.807, 2.05) is 6.07 Å². The Morgan fingerprint density at radius 1 is 0.966 bits per heavy atom. The number of benzene rings is 3. The van der Waals surface area contributed by atoms with E-state index in [0.29, 0.717) is 18.0 Å². The van der Waals surface area contributed by atoms with E-state index < -0.39 is 11.7 Å². The summed E-state index contributed by atoms with van der Waals surface area (Å²) in [6.45, 7) is 0.202. The van der Waals surface area contributed by atoms with Crippen molar-refractivity contribution in [3.05, 3.63) is 83.9 Å². The molecule has 0 aliphatic heterocycles. The summed E-state index contributed by atoms with van der Waals surface area (Å²) in [4.78, 5) is 12.0. The van der Waals surface area contributed by atoms with Crippen molar-refractivity contribution in [1.29, 1.82) is 0 Å². The largest absolute Gasteiger partial charge is 0.493 e. The molecule has 0 saturated heterocycles. The van der Waals surface area contributed by atoms with Crippen LogP contribution in [0.1, 0.15) is 5.56 Å². The number of methoxy groups -OCH3 is 1. The van der Waals surface area contributed by atoms with Gasteiger partial charge in [0.2, 0.25) is 0 Å². The number of para-hydroxylation sites is 1. The maximum absolute atomic E-state index is 13.6. The third kappa shape index (κ3) is 5.68. The first-order valence-electron chi connectivity index (χ1n) is 8.88. The lowest BCUT2D eigenvalue weighted by Crippen LogP contribution is -2.21. The maximum atomic E-state index is 13.6. The summed E-state index contributed by atoms with van der Waals surface area (Å²) in [5, 5.41) is 5.63. The van der Waals surface area contributed by atoms with Crippen molar-refractivity contribution >= 4 is 17.3 Å². The van der Waals surface area contributed by atoms with Gasteiger partial charge in [0, 0.05) is 12.2 Å². The lowest BCUT2D eigenvalue weighted by atomic mass is 10.2. The van der Waals surface area contributed by atoms with Gasteiger partial charge in [-0.25, -0.2) is 8.78 Å². The fourth-order valence-electron chi connectivity index (χ4n) is 2.61. The molecule has 0 aliphatic rings. The van der Waals surface area contributed by atoms with E-state index >= 15 is 0 Å². The number of nitrogens with one attached hydrogen (secondary N) is 2. The van der Waals surface area contributed by atoms with Crippen LogP contribution in [0.2, 0.25) is 0 Å². The molecular weight excluding hydrogens is 378 g/mol. The normalized spacial score (nSPS) is 10.3. The van der Waals surface area contributed by atoms with Crippen LogP contribution in [-0.2, 0) is 11.3 Å². The standard InChI is InChI=1S/C22H20F2N2O3/c1-28-21-12-15(13-25-17-9-7-16(23)8-10-17)6-11-20(21)29-14-22(27)26-19-5-3-2-4-18(19)24/h2-12,25H,13-14H2,1H3,(H,26,27). The molecule has 3 rings (SSSR count). The Morgan fingerprint density at radius 3 is 2.45 bits per heavy atom. The second kappa shape index (κ2) is 9.54. The molecule has 1 amide bonds. The Morgan fingerprint density at radius 2 is 1.72 bits per heavy atom. The first-order valence-corrected chi connectivity index (χ1v) is 8.88. The Kier molecular flexibility index (Phi) is 6.63. The number of halogens is 2. The molecule has 0 fully saturated rings. The zero-order valence-corrected chi connectivity index (χ0v) is 15.7. The summed E-state index contributed by atoms with van der Waals surface area (Å²) in [5.41, 5.74) is 1.79. The SMILES string of the molecule is COc1cc(CNc2ccc(F)cc2)ccc1OCC(=O)Nc1ccccc1F. The minimum absolute atomic E-state index is 0.0929. The van der Waals surface area contributed by atoms with E-state index in [1.165, 1.54) is 31.4 Å². The van der Waals surface area contributed by atoms with Crippen LogP contribution >= 0.6 is 0 Å². The number of ether oxygens (including phenoxy) is 2. The summed E-state index contributed by atoms with van der Waals surface area (Å²) in [7, 11) is 1.50. The number of carbonyl (C=O) groups excluding carboxylic acids is 1. The van der Waals surface area contributed by atoms with Crippen molar-refractivity contribution in [3.8, 4) is 11.5 Å². The van der Waals surface area contributed by atoms with Crippen LogP contribution in [0.15, 0.2) is 66.7 Å². The van der Waals surface area contributed by atoms with E-state index in [0.717, 1.165) is 11.3 Å². The fourth-order valence-corrected chi connectivity index (χ4v) is 2.61. The molecule has 150 valence electrons. The molecule has 0 bridgehead atoms. The van der Waals surface area contributed by atoms with Crippen LogP contribution in [0.4, 0.5) is 20.2 Å². The molecule has 2 N–H and O–H groups in total. The van der Waals surface area contributed by atoms with Gasteiger partial charge in [0.1, 0.15) is 11.6 Å². The molecular formula is C22H20F2N2O3. The first-order chi connectivity index (χ1) is 14.0. The van der Waals surface area contributed by atoms with Gasteiger partial charge < -0.3 is 20.1 Å². The van der Waals surface area contributed by atoms with E-state index in [1.54, 1.807) is 36.4 Å². The number of carbonyl (C=O) groups is 1. The highest BCUT2D eigenvalue weighted by Gasteiger charge is 2.10. The van der Waals surface area contributed by atoms with Crippen molar-refractivity contribution < 1.29 is 23.0 Å². The zero-order valence-electron chi connectivity index (χ0n) is 15.7. The Hall–Kier alpha value is -3.61. The Labute approximate surface area is 167 Å². The Bertz CT molecular complexity index is 978. The van der Waals surface area contributed by atoms with E-state index in [-0.39, 0.29) is 18.1 Å². The summed E-state index contributed by atoms with van der Waals surface area (Å²) < 4.78 is 37.4. The van der Waals surface area contributed by atoms with Gasteiger partial charge >= 0.3 is 0 Å².